The number of carboxylic acids is 2. The Hall–Kier alpha value is -0.957. The number of unbranched alkanes of at least 4 members (excludes halogenated alkanes) is 34. The van der Waals surface area contributed by atoms with E-state index in [-0.39, 0.29) is 32.3 Å². The predicted molar refractivity (Wildman–Crippen MR) is 224 cm³/mol. The van der Waals surface area contributed by atoms with Gasteiger partial charge in [-0.2, -0.15) is 0 Å². The minimum absolute atomic E-state index is 0. The fraction of sp³-hybridized carbons (Fsp3) is 0.875. The fourth-order valence-corrected chi connectivity index (χ4v) is 6.80. The molecule has 0 aromatic heterocycles. The largest absolute Gasteiger partial charge is 2.00 e. The Balaban J connectivity index is -0.000000926. The Kier molecular flexibility index (Phi) is 56.5. The second-order valence-corrected chi connectivity index (χ2v) is 15.7. The first-order valence-corrected chi connectivity index (χ1v) is 23.2. The maximum Gasteiger partial charge on any atom is 2.00 e. The first-order valence-electron chi connectivity index (χ1n) is 23.2. The molecule has 0 aliphatic heterocycles. The predicted octanol–water partition coefficient (Wildman–Crippen LogP) is 14.2. The summed E-state index contributed by atoms with van der Waals surface area (Å²) in [6.07, 6.45) is 59.5. The molecule has 0 spiro atoms. The summed E-state index contributed by atoms with van der Waals surface area (Å²) in [5.74, 6) is -1.81. The van der Waals surface area contributed by atoms with Crippen molar-refractivity contribution < 1.29 is 39.3 Å². The third kappa shape index (κ3) is 60.5. The maximum atomic E-state index is 10.3. The Bertz CT molecular complexity index is 688. The molecule has 4 nitrogen and oxygen atoms in total. The molecule has 53 heavy (non-hydrogen) atoms. The van der Waals surface area contributed by atoms with Crippen molar-refractivity contribution in [2.45, 2.75) is 271 Å². The van der Waals surface area contributed by atoms with Crippen LogP contribution in [-0.4, -0.2) is 11.9 Å². The molecule has 0 aromatic rings. The second-order valence-electron chi connectivity index (χ2n) is 15.7. The number of rotatable bonds is 42. The van der Waals surface area contributed by atoms with Gasteiger partial charge in [0.15, 0.2) is 0 Å². The number of carboxylic acid groups (broad SMARTS) is 2. The van der Waals surface area contributed by atoms with E-state index in [9.17, 15) is 19.8 Å². The van der Waals surface area contributed by atoms with Crippen LogP contribution >= 0.6 is 0 Å². The molecule has 0 amide bonds. The molecule has 0 radical (unpaired) electrons. The summed E-state index contributed by atoms with van der Waals surface area (Å²) in [5.41, 5.74) is 0. The van der Waals surface area contributed by atoms with E-state index in [2.05, 4.69) is 38.2 Å². The van der Waals surface area contributed by atoms with Crippen molar-refractivity contribution in [3.8, 4) is 0 Å². The molecular formula is C48H90O4Zn. The zero-order valence-corrected chi connectivity index (χ0v) is 38.9. The standard InChI is InChI=1S/2C24H46O2.Zn/c2*1-2-3-4-5-6-7-8-9-10-11-12-13-14-15-16-17-18-19-20-21-22-23-24(25)26;/h2*9-10H,2-8,11-23H2,1H3,(H,25,26);/q;;+2/p-2/b2*10-9-;. The fourth-order valence-electron chi connectivity index (χ4n) is 6.80. The molecule has 0 bridgehead atoms. The van der Waals surface area contributed by atoms with Gasteiger partial charge < -0.3 is 19.8 Å². The summed E-state index contributed by atoms with van der Waals surface area (Å²) < 4.78 is 0. The van der Waals surface area contributed by atoms with Gasteiger partial charge in [0.25, 0.3) is 0 Å². The Labute approximate surface area is 344 Å². The first kappa shape index (κ1) is 56.4. The average molecular weight is 797 g/mol. The van der Waals surface area contributed by atoms with Gasteiger partial charge in [0.2, 0.25) is 0 Å². The average Bonchev–Trinajstić information content (AvgIpc) is 3.13. The van der Waals surface area contributed by atoms with Gasteiger partial charge >= 0.3 is 19.5 Å². The number of aliphatic carboxylic acids is 2. The van der Waals surface area contributed by atoms with E-state index in [0.717, 1.165) is 25.7 Å². The van der Waals surface area contributed by atoms with Crippen LogP contribution in [0.1, 0.15) is 271 Å². The Morgan fingerprint density at radius 3 is 0.660 bits per heavy atom. The molecule has 0 N–H and O–H groups in total. The van der Waals surface area contributed by atoms with Gasteiger partial charge in [0.05, 0.1) is 0 Å². The van der Waals surface area contributed by atoms with Gasteiger partial charge in [0.1, 0.15) is 0 Å². The van der Waals surface area contributed by atoms with Crippen molar-refractivity contribution in [3.05, 3.63) is 24.3 Å². The number of hydrogen-bond acceptors (Lipinski definition) is 4. The van der Waals surface area contributed by atoms with E-state index in [1.54, 1.807) is 0 Å². The number of carbonyl (C=O) groups excluding carboxylic acids is 2. The number of hydrogen-bond donors (Lipinski definition) is 0. The summed E-state index contributed by atoms with van der Waals surface area (Å²) in [6.45, 7) is 4.55. The molecule has 0 fully saturated rings. The quantitative estimate of drug-likeness (QED) is 0.0350. The summed E-state index contributed by atoms with van der Waals surface area (Å²) in [6, 6.07) is 0. The molecule has 0 saturated carbocycles. The molecule has 0 aliphatic rings. The molecule has 308 valence electrons. The Morgan fingerprint density at radius 1 is 0.302 bits per heavy atom. The second kappa shape index (κ2) is 53.1. The van der Waals surface area contributed by atoms with Gasteiger partial charge in [-0.15, -0.1) is 0 Å². The van der Waals surface area contributed by atoms with E-state index in [1.165, 1.54) is 218 Å². The van der Waals surface area contributed by atoms with Crippen LogP contribution in [0.25, 0.3) is 0 Å². The molecule has 0 unspecified atom stereocenters. The SMILES string of the molecule is CCCCCCCC/C=C\CCCCCCCCCCCCCC(=O)[O-].CCCCCCCC/C=C\CCCCCCCCCCCCCC(=O)[O-].[Zn+2]. The van der Waals surface area contributed by atoms with Gasteiger partial charge in [-0.25, -0.2) is 0 Å². The van der Waals surface area contributed by atoms with Crippen LogP contribution in [0.4, 0.5) is 0 Å². The van der Waals surface area contributed by atoms with Crippen molar-refractivity contribution in [2.75, 3.05) is 0 Å². The third-order valence-corrected chi connectivity index (χ3v) is 10.3. The summed E-state index contributed by atoms with van der Waals surface area (Å²) >= 11 is 0. The van der Waals surface area contributed by atoms with E-state index < -0.39 is 11.9 Å². The van der Waals surface area contributed by atoms with Crippen molar-refractivity contribution >= 4 is 11.9 Å². The minimum Gasteiger partial charge on any atom is -0.550 e. The molecule has 0 heterocycles. The van der Waals surface area contributed by atoms with Crippen molar-refractivity contribution in [2.24, 2.45) is 0 Å². The molecule has 0 aromatic carbocycles. The van der Waals surface area contributed by atoms with Crippen LogP contribution in [0, 0.1) is 0 Å². The van der Waals surface area contributed by atoms with E-state index in [4.69, 9.17) is 0 Å². The Morgan fingerprint density at radius 2 is 0.472 bits per heavy atom. The smallest absolute Gasteiger partial charge is 0.550 e. The summed E-state index contributed by atoms with van der Waals surface area (Å²) in [7, 11) is 0. The molecule has 0 saturated heterocycles. The zero-order valence-electron chi connectivity index (χ0n) is 35.9. The van der Waals surface area contributed by atoms with Crippen LogP contribution in [0.3, 0.4) is 0 Å². The van der Waals surface area contributed by atoms with Gasteiger partial charge in [-0.3, -0.25) is 0 Å². The molecule has 0 atom stereocenters. The van der Waals surface area contributed by atoms with E-state index in [1.807, 2.05) is 0 Å². The van der Waals surface area contributed by atoms with Crippen LogP contribution in [0.5, 0.6) is 0 Å². The molecule has 5 heteroatoms. The van der Waals surface area contributed by atoms with Gasteiger partial charge in [-0.05, 0) is 77.0 Å². The number of allylic oxidation sites excluding steroid dienone is 4. The first-order chi connectivity index (χ1) is 25.5. The van der Waals surface area contributed by atoms with Crippen LogP contribution < -0.4 is 10.2 Å². The minimum atomic E-state index is -0.904. The van der Waals surface area contributed by atoms with E-state index >= 15 is 0 Å². The van der Waals surface area contributed by atoms with Gasteiger partial charge in [-0.1, -0.05) is 218 Å². The van der Waals surface area contributed by atoms with Crippen molar-refractivity contribution in [1.29, 1.82) is 0 Å². The molecule has 0 aliphatic carbocycles. The van der Waals surface area contributed by atoms with Crippen LogP contribution in [0.2, 0.25) is 0 Å². The number of carbonyl (C=O) groups is 2. The van der Waals surface area contributed by atoms with Gasteiger partial charge in [0, 0.05) is 11.9 Å². The van der Waals surface area contributed by atoms with E-state index in [0.29, 0.717) is 0 Å². The molecular weight excluding hydrogens is 706 g/mol. The van der Waals surface area contributed by atoms with Crippen molar-refractivity contribution in [1.82, 2.24) is 0 Å². The monoisotopic (exact) mass is 795 g/mol. The third-order valence-electron chi connectivity index (χ3n) is 10.3. The molecule has 0 rings (SSSR count). The van der Waals surface area contributed by atoms with Crippen molar-refractivity contribution in [3.63, 3.8) is 0 Å². The normalized spacial score (nSPS) is 11.2. The summed E-state index contributed by atoms with van der Waals surface area (Å²) in [4.78, 5) is 20.6. The van der Waals surface area contributed by atoms with Crippen LogP contribution in [-0.2, 0) is 29.1 Å². The topological polar surface area (TPSA) is 80.3 Å². The zero-order chi connectivity index (χ0) is 38.3. The van der Waals surface area contributed by atoms with Crippen LogP contribution in [0.15, 0.2) is 24.3 Å². The summed E-state index contributed by atoms with van der Waals surface area (Å²) in [5, 5.41) is 20.6. The maximum absolute atomic E-state index is 10.3.